The number of amides is 3. The Hall–Kier alpha value is -4.79. The van der Waals surface area contributed by atoms with E-state index >= 15 is 0 Å². The van der Waals surface area contributed by atoms with E-state index in [1.165, 1.54) is 24.3 Å². The van der Waals surface area contributed by atoms with Crippen LogP contribution in [0.15, 0.2) is 91.1 Å². The fourth-order valence-corrected chi connectivity index (χ4v) is 4.20. The van der Waals surface area contributed by atoms with Gasteiger partial charge in [-0.25, -0.2) is 9.48 Å². The Balaban J connectivity index is 1.50. The van der Waals surface area contributed by atoms with Gasteiger partial charge in [-0.15, -0.1) is 0 Å². The van der Waals surface area contributed by atoms with Gasteiger partial charge in [-0.05, 0) is 36.8 Å². The van der Waals surface area contributed by atoms with Crippen molar-refractivity contribution in [1.29, 1.82) is 0 Å². The minimum atomic E-state index is -1.34. The van der Waals surface area contributed by atoms with Crippen molar-refractivity contribution < 1.29 is 14.5 Å². The van der Waals surface area contributed by atoms with Gasteiger partial charge in [0.05, 0.1) is 22.8 Å². The highest BCUT2D eigenvalue weighted by Crippen LogP contribution is 2.32. The molecule has 1 fully saturated rings. The van der Waals surface area contributed by atoms with Gasteiger partial charge in [-0.2, -0.15) is 5.10 Å². The predicted octanol–water partition coefficient (Wildman–Crippen LogP) is 4.41. The van der Waals surface area contributed by atoms with Crippen LogP contribution >= 0.6 is 0 Å². The topological polar surface area (TPSA) is 110 Å². The molecule has 2 heterocycles. The van der Waals surface area contributed by atoms with Gasteiger partial charge >= 0.3 is 6.03 Å². The van der Waals surface area contributed by atoms with Crippen LogP contribution in [-0.2, 0) is 16.9 Å². The average Bonchev–Trinajstić information content (AvgIpc) is 3.40. The molecule has 5 rings (SSSR count). The molecule has 9 nitrogen and oxygen atoms in total. The second-order valence-electron chi connectivity index (χ2n) is 8.40. The Kier molecular flexibility index (Phi) is 5.37. The lowest BCUT2D eigenvalue weighted by Gasteiger charge is -2.22. The van der Waals surface area contributed by atoms with Crippen LogP contribution in [0.5, 0.6) is 0 Å². The van der Waals surface area contributed by atoms with Gasteiger partial charge in [0.2, 0.25) is 0 Å². The van der Waals surface area contributed by atoms with Gasteiger partial charge in [-0.1, -0.05) is 48.5 Å². The molecule has 1 N–H and O–H groups in total. The number of nitro groups is 1. The maximum atomic E-state index is 13.5. The highest BCUT2D eigenvalue weighted by molar-refractivity contribution is 6.07. The van der Waals surface area contributed by atoms with Crippen molar-refractivity contribution in [1.82, 2.24) is 20.0 Å². The lowest BCUT2D eigenvalue weighted by atomic mass is 9.92. The number of urea groups is 1. The molecular formula is C26H21N5O4. The minimum Gasteiger partial charge on any atom is -0.319 e. The van der Waals surface area contributed by atoms with E-state index < -0.39 is 22.4 Å². The quantitative estimate of drug-likeness (QED) is 0.256. The van der Waals surface area contributed by atoms with Gasteiger partial charge in [0.25, 0.3) is 11.6 Å². The van der Waals surface area contributed by atoms with Crippen molar-refractivity contribution in [3.63, 3.8) is 0 Å². The molecule has 9 heteroatoms. The number of carbonyl (C=O) groups is 2. The van der Waals surface area contributed by atoms with Crippen molar-refractivity contribution in [2.45, 2.75) is 19.0 Å². The molecule has 0 spiro atoms. The fourth-order valence-electron chi connectivity index (χ4n) is 4.20. The van der Waals surface area contributed by atoms with Crippen molar-refractivity contribution >= 4 is 17.6 Å². The summed E-state index contributed by atoms with van der Waals surface area (Å²) < 4.78 is 1.73. The summed E-state index contributed by atoms with van der Waals surface area (Å²) in [4.78, 5) is 38.0. The number of hydrogen-bond donors (Lipinski definition) is 1. The lowest BCUT2D eigenvalue weighted by Crippen LogP contribution is -2.40. The van der Waals surface area contributed by atoms with E-state index in [0.29, 0.717) is 16.8 Å². The van der Waals surface area contributed by atoms with E-state index in [0.717, 1.165) is 16.2 Å². The van der Waals surface area contributed by atoms with Crippen molar-refractivity contribution in [3.05, 3.63) is 112 Å². The molecule has 174 valence electrons. The van der Waals surface area contributed by atoms with Crippen LogP contribution in [0.1, 0.15) is 18.1 Å². The van der Waals surface area contributed by atoms with Gasteiger partial charge in [0, 0.05) is 29.5 Å². The van der Waals surface area contributed by atoms with Crippen LogP contribution in [0.2, 0.25) is 0 Å². The lowest BCUT2D eigenvalue weighted by molar-refractivity contribution is -0.384. The van der Waals surface area contributed by atoms with Crippen LogP contribution in [0, 0.1) is 10.1 Å². The Bertz CT molecular complexity index is 1420. The maximum Gasteiger partial charge on any atom is 0.325 e. The second-order valence-corrected chi connectivity index (χ2v) is 8.40. The molecule has 1 saturated heterocycles. The van der Waals surface area contributed by atoms with E-state index in [9.17, 15) is 19.7 Å². The largest absolute Gasteiger partial charge is 0.325 e. The van der Waals surface area contributed by atoms with E-state index in [4.69, 9.17) is 5.10 Å². The third kappa shape index (κ3) is 3.93. The van der Waals surface area contributed by atoms with Crippen LogP contribution < -0.4 is 5.32 Å². The predicted molar refractivity (Wildman–Crippen MR) is 129 cm³/mol. The standard InChI is InChI=1S/C26H21N5O4/c1-26(20-12-14-22(15-13-20)31(34)35)24(32)29(25(33)27-26)16-19-17-30(21-10-6-3-7-11-21)28-23(19)18-8-4-2-5-9-18/h2-15,17H,16H2,1H3,(H,27,33). The summed E-state index contributed by atoms with van der Waals surface area (Å²) in [5, 5.41) is 18.5. The van der Waals surface area contributed by atoms with Crippen molar-refractivity contribution in [2.75, 3.05) is 0 Å². The summed E-state index contributed by atoms with van der Waals surface area (Å²) in [7, 11) is 0. The van der Waals surface area contributed by atoms with E-state index in [-0.39, 0.29) is 12.2 Å². The third-order valence-electron chi connectivity index (χ3n) is 6.12. The number of imide groups is 1. The molecule has 3 aromatic carbocycles. The van der Waals surface area contributed by atoms with Crippen LogP contribution in [0.4, 0.5) is 10.5 Å². The van der Waals surface area contributed by atoms with Crippen molar-refractivity contribution in [3.8, 4) is 16.9 Å². The number of carbonyl (C=O) groups excluding carboxylic acids is 2. The minimum absolute atomic E-state index is 0.0182. The van der Waals surface area contributed by atoms with Gasteiger partial charge < -0.3 is 5.32 Å². The van der Waals surface area contributed by atoms with Gasteiger partial charge in [0.15, 0.2) is 0 Å². The first-order valence-corrected chi connectivity index (χ1v) is 11.0. The zero-order valence-corrected chi connectivity index (χ0v) is 18.8. The number of para-hydroxylation sites is 1. The van der Waals surface area contributed by atoms with Crippen LogP contribution in [0.3, 0.4) is 0 Å². The molecule has 1 aliphatic heterocycles. The first-order chi connectivity index (χ1) is 16.9. The Labute approximate surface area is 200 Å². The molecule has 1 atom stereocenters. The Morgan fingerprint density at radius 2 is 1.57 bits per heavy atom. The fraction of sp³-hybridized carbons (Fsp3) is 0.115. The maximum absolute atomic E-state index is 13.5. The van der Waals surface area contributed by atoms with E-state index in [1.807, 2.05) is 66.9 Å². The molecule has 0 radical (unpaired) electrons. The first-order valence-electron chi connectivity index (χ1n) is 11.0. The average molecular weight is 467 g/mol. The first kappa shape index (κ1) is 22.0. The molecule has 1 unspecified atom stereocenters. The Morgan fingerprint density at radius 1 is 0.943 bits per heavy atom. The number of nitrogens with one attached hydrogen (secondary N) is 1. The number of nitrogens with zero attached hydrogens (tertiary/aromatic N) is 4. The molecule has 3 amide bonds. The number of hydrogen-bond acceptors (Lipinski definition) is 5. The molecule has 1 aromatic heterocycles. The van der Waals surface area contributed by atoms with Crippen molar-refractivity contribution in [2.24, 2.45) is 0 Å². The summed E-state index contributed by atoms with van der Waals surface area (Å²) in [5.74, 6) is -0.442. The third-order valence-corrected chi connectivity index (χ3v) is 6.12. The van der Waals surface area contributed by atoms with Crippen LogP contribution in [-0.4, -0.2) is 31.5 Å². The normalized spacial score (nSPS) is 17.5. The molecular weight excluding hydrogens is 446 g/mol. The number of nitro benzene ring substituents is 1. The highest BCUT2D eigenvalue weighted by Gasteiger charge is 2.49. The highest BCUT2D eigenvalue weighted by atomic mass is 16.6. The number of benzene rings is 3. The van der Waals surface area contributed by atoms with E-state index in [2.05, 4.69) is 5.32 Å². The second kappa shape index (κ2) is 8.53. The van der Waals surface area contributed by atoms with Gasteiger partial charge in [-0.3, -0.25) is 19.8 Å². The SMILES string of the molecule is CC1(c2ccc([N+](=O)[O-])cc2)NC(=O)N(Cc2cn(-c3ccccc3)nc2-c2ccccc2)C1=O. The molecule has 0 aliphatic carbocycles. The van der Waals surface area contributed by atoms with Crippen LogP contribution in [0.25, 0.3) is 16.9 Å². The zero-order chi connectivity index (χ0) is 24.6. The summed E-state index contributed by atoms with van der Waals surface area (Å²) in [6.45, 7) is 1.62. The summed E-state index contributed by atoms with van der Waals surface area (Å²) in [6.07, 6.45) is 1.82. The number of aromatic nitrogens is 2. The van der Waals surface area contributed by atoms with Gasteiger partial charge in [0.1, 0.15) is 5.54 Å². The van der Waals surface area contributed by atoms with E-state index in [1.54, 1.807) is 11.6 Å². The smallest absolute Gasteiger partial charge is 0.319 e. The molecule has 0 bridgehead atoms. The number of non-ortho nitro benzene ring substituents is 1. The molecule has 4 aromatic rings. The summed E-state index contributed by atoms with van der Waals surface area (Å²) in [6, 6.07) is 24.2. The zero-order valence-electron chi connectivity index (χ0n) is 18.8. The summed E-state index contributed by atoms with van der Waals surface area (Å²) in [5.41, 5.74) is 2.12. The molecule has 1 aliphatic rings. The Morgan fingerprint density at radius 3 is 2.20 bits per heavy atom. The molecule has 35 heavy (non-hydrogen) atoms. The monoisotopic (exact) mass is 467 g/mol. The molecule has 0 saturated carbocycles. The summed E-state index contributed by atoms with van der Waals surface area (Å²) >= 11 is 0. The number of rotatable bonds is 6.